The van der Waals surface area contributed by atoms with Crippen LogP contribution in [0.1, 0.15) is 12.8 Å². The highest BCUT2D eigenvalue weighted by molar-refractivity contribution is 7.50. The van der Waals surface area contributed by atoms with Crippen LogP contribution in [-0.2, 0) is 0 Å². The van der Waals surface area contributed by atoms with E-state index in [4.69, 9.17) is 0 Å². The molecule has 2 aliphatic rings. The molecule has 2 fully saturated rings. The summed E-state index contributed by atoms with van der Waals surface area (Å²) in [5.74, 6) is 0. The largest absolute Gasteiger partial charge is 0.260 e. The van der Waals surface area contributed by atoms with Gasteiger partial charge in [0.2, 0.25) is 0 Å². The summed E-state index contributed by atoms with van der Waals surface area (Å²) in [5.41, 5.74) is 0. The molecule has 0 radical (unpaired) electrons. The summed E-state index contributed by atoms with van der Waals surface area (Å²) < 4.78 is 7.71. The van der Waals surface area contributed by atoms with Gasteiger partial charge in [0.15, 0.2) is 0 Å². The summed E-state index contributed by atoms with van der Waals surface area (Å²) in [7, 11) is 4.46. The summed E-state index contributed by atoms with van der Waals surface area (Å²) in [6.45, 7) is 5.21. The highest BCUT2D eigenvalue weighted by Crippen LogP contribution is 2.50. The molecule has 0 aromatic carbocycles. The summed E-state index contributed by atoms with van der Waals surface area (Å²) in [6, 6.07) is 0. The minimum absolute atomic E-state index is 0.0687. The van der Waals surface area contributed by atoms with Crippen molar-refractivity contribution in [3.8, 4) is 0 Å². The zero-order chi connectivity index (χ0) is 8.55. The van der Waals surface area contributed by atoms with Crippen molar-refractivity contribution < 1.29 is 0 Å². The fraction of sp³-hybridized carbons (Fsp3) is 1.00. The molecule has 0 aliphatic carbocycles. The van der Waals surface area contributed by atoms with Crippen LogP contribution in [0.25, 0.3) is 0 Å². The molecule has 4 heteroatoms. The van der Waals surface area contributed by atoms with Gasteiger partial charge in [0.1, 0.15) is 8.37 Å². The van der Waals surface area contributed by atoms with Gasteiger partial charge in [-0.15, -0.1) is 0 Å². The molecular weight excluding hydrogens is 169 g/mol. The van der Waals surface area contributed by atoms with E-state index in [9.17, 15) is 0 Å². The van der Waals surface area contributed by atoms with Crippen LogP contribution in [0, 0.1) is 0 Å². The van der Waals surface area contributed by atoms with E-state index < -0.39 is 0 Å². The molecule has 0 atom stereocenters. The molecule has 2 heterocycles. The van der Waals surface area contributed by atoms with E-state index >= 15 is 0 Å². The Labute approximate surface area is 76.2 Å². The monoisotopic (exact) mass is 187 g/mol. The van der Waals surface area contributed by atoms with Crippen LogP contribution in [0.5, 0.6) is 0 Å². The van der Waals surface area contributed by atoms with Gasteiger partial charge < -0.3 is 0 Å². The number of fused-ring (bicyclic) bond motifs is 1. The number of rotatable bonds is 0. The predicted octanol–water partition coefficient (Wildman–Crippen LogP) is 1.19. The summed E-state index contributed by atoms with van der Waals surface area (Å²) >= 11 is 0. The molecule has 2 aliphatic heterocycles. The van der Waals surface area contributed by atoms with E-state index in [1.54, 1.807) is 0 Å². The molecule has 0 aromatic heterocycles. The number of nitrogens with zero attached hydrogens (tertiary/aromatic N) is 3. The van der Waals surface area contributed by atoms with Gasteiger partial charge >= 0.3 is 0 Å². The molecule has 2 rings (SSSR count). The lowest BCUT2D eigenvalue weighted by molar-refractivity contribution is 0.268. The lowest BCUT2D eigenvalue weighted by Gasteiger charge is -2.48. The van der Waals surface area contributed by atoms with Crippen molar-refractivity contribution in [1.29, 1.82) is 0 Å². The van der Waals surface area contributed by atoms with E-state index in [0.29, 0.717) is 0 Å². The van der Waals surface area contributed by atoms with Crippen molar-refractivity contribution in [1.82, 2.24) is 14.0 Å². The third-order valence-electron chi connectivity index (χ3n) is 2.66. The standard InChI is InChI=1S/C8H18N3P/c1-9-5-3-7-11-8-4-6-10(2)12(9)11/h3-8H2,1-2H3. The summed E-state index contributed by atoms with van der Waals surface area (Å²) in [4.78, 5) is 0. The molecule has 12 heavy (non-hydrogen) atoms. The smallest absolute Gasteiger partial charge is 0.119 e. The van der Waals surface area contributed by atoms with Gasteiger partial charge in [-0.3, -0.25) is 14.0 Å². The molecule has 0 amide bonds. The van der Waals surface area contributed by atoms with E-state index in [-0.39, 0.29) is 8.37 Å². The van der Waals surface area contributed by atoms with Crippen LogP contribution in [0.4, 0.5) is 0 Å². The van der Waals surface area contributed by atoms with Crippen molar-refractivity contribution in [3.05, 3.63) is 0 Å². The second-order valence-corrected chi connectivity index (χ2v) is 6.16. The topological polar surface area (TPSA) is 9.72 Å². The molecule has 3 nitrogen and oxygen atoms in total. The van der Waals surface area contributed by atoms with Crippen molar-refractivity contribution in [2.45, 2.75) is 12.8 Å². The zero-order valence-electron chi connectivity index (χ0n) is 8.03. The molecule has 0 bridgehead atoms. The maximum Gasteiger partial charge on any atom is 0.119 e. The van der Waals surface area contributed by atoms with Crippen LogP contribution in [0.2, 0.25) is 0 Å². The van der Waals surface area contributed by atoms with Crippen molar-refractivity contribution >= 4 is 8.37 Å². The van der Waals surface area contributed by atoms with Gasteiger partial charge in [-0.05, 0) is 26.9 Å². The average molecular weight is 187 g/mol. The zero-order valence-corrected chi connectivity index (χ0v) is 8.93. The Kier molecular flexibility index (Phi) is 2.66. The van der Waals surface area contributed by atoms with Crippen molar-refractivity contribution in [2.75, 3.05) is 40.3 Å². The molecule has 70 valence electrons. The first-order chi connectivity index (χ1) is 5.79. The minimum atomic E-state index is -0.0687. The van der Waals surface area contributed by atoms with Crippen molar-refractivity contribution in [3.63, 3.8) is 0 Å². The Morgan fingerprint density at radius 1 is 0.833 bits per heavy atom. The average Bonchev–Trinajstić information content (AvgIpc) is 2.04. The third kappa shape index (κ3) is 1.51. The summed E-state index contributed by atoms with van der Waals surface area (Å²) in [6.07, 6.45) is 2.70. The van der Waals surface area contributed by atoms with Gasteiger partial charge in [0.05, 0.1) is 0 Å². The molecule has 0 saturated carbocycles. The highest BCUT2D eigenvalue weighted by atomic mass is 31.2. The van der Waals surface area contributed by atoms with Gasteiger partial charge in [-0.1, -0.05) is 0 Å². The fourth-order valence-corrected chi connectivity index (χ4v) is 4.79. The Hall–Kier alpha value is 0.310. The van der Waals surface area contributed by atoms with Gasteiger partial charge in [0.25, 0.3) is 0 Å². The van der Waals surface area contributed by atoms with Crippen LogP contribution >= 0.6 is 8.37 Å². The summed E-state index contributed by atoms with van der Waals surface area (Å²) in [5, 5.41) is 0. The van der Waals surface area contributed by atoms with Crippen LogP contribution in [0.3, 0.4) is 0 Å². The van der Waals surface area contributed by atoms with E-state index in [2.05, 4.69) is 28.1 Å². The molecule has 0 unspecified atom stereocenters. The SMILES string of the molecule is CN1CCCN2CCCN(C)P12. The quantitative estimate of drug-likeness (QED) is 0.527. The highest BCUT2D eigenvalue weighted by Gasteiger charge is 2.32. The Morgan fingerprint density at radius 2 is 1.33 bits per heavy atom. The lowest BCUT2D eigenvalue weighted by atomic mass is 10.3. The second-order valence-electron chi connectivity index (χ2n) is 3.69. The maximum absolute atomic E-state index is 2.66. The maximum atomic E-state index is 2.66. The fourth-order valence-electron chi connectivity index (χ4n) is 2.13. The predicted molar refractivity (Wildman–Crippen MR) is 53.0 cm³/mol. The van der Waals surface area contributed by atoms with Gasteiger partial charge in [-0.2, -0.15) is 0 Å². The lowest BCUT2D eigenvalue weighted by Crippen LogP contribution is -2.44. The first kappa shape index (κ1) is 8.89. The first-order valence-corrected chi connectivity index (χ1v) is 5.96. The third-order valence-corrected chi connectivity index (χ3v) is 5.19. The molecule has 2 saturated heterocycles. The van der Waals surface area contributed by atoms with Gasteiger partial charge in [0, 0.05) is 26.2 Å². The van der Waals surface area contributed by atoms with E-state index in [1.807, 2.05) is 0 Å². The van der Waals surface area contributed by atoms with Crippen LogP contribution < -0.4 is 0 Å². The Morgan fingerprint density at radius 3 is 1.75 bits per heavy atom. The molecular formula is C8H18N3P. The minimum Gasteiger partial charge on any atom is -0.260 e. The number of hydrogen-bond acceptors (Lipinski definition) is 3. The van der Waals surface area contributed by atoms with Crippen LogP contribution in [-0.4, -0.2) is 54.3 Å². The van der Waals surface area contributed by atoms with Gasteiger partial charge in [-0.25, -0.2) is 0 Å². The molecule has 0 spiro atoms. The molecule has 0 N–H and O–H groups in total. The number of hydrogen-bond donors (Lipinski definition) is 0. The second kappa shape index (κ2) is 3.59. The first-order valence-electron chi connectivity index (χ1n) is 4.76. The molecule has 0 aromatic rings. The van der Waals surface area contributed by atoms with Crippen molar-refractivity contribution in [2.24, 2.45) is 0 Å². The Balaban J connectivity index is 2.07. The van der Waals surface area contributed by atoms with E-state index in [0.717, 1.165) is 0 Å². The Bertz CT molecular complexity index is 148. The van der Waals surface area contributed by atoms with E-state index in [1.165, 1.54) is 39.0 Å². The van der Waals surface area contributed by atoms with Crippen LogP contribution in [0.15, 0.2) is 0 Å². The normalized spacial score (nSPS) is 30.5.